The zero-order chi connectivity index (χ0) is 23.0. The van der Waals surface area contributed by atoms with Crippen molar-refractivity contribution in [1.29, 1.82) is 5.26 Å². The second-order valence-electron chi connectivity index (χ2n) is 7.04. The molecule has 0 saturated carbocycles. The molecule has 0 aliphatic heterocycles. The fourth-order valence-corrected chi connectivity index (χ4v) is 2.88. The van der Waals surface area contributed by atoms with Gasteiger partial charge in [0.1, 0.15) is 6.04 Å². The molecule has 2 N–H and O–H groups in total. The highest BCUT2D eigenvalue weighted by Crippen LogP contribution is 2.36. The lowest BCUT2D eigenvalue weighted by Crippen LogP contribution is -2.38. The van der Waals surface area contributed by atoms with E-state index in [9.17, 15) is 10.1 Å². The van der Waals surface area contributed by atoms with Gasteiger partial charge in [-0.25, -0.2) is 4.79 Å². The minimum Gasteiger partial charge on any atom is -0.493 e. The number of hydrogen-bond acceptors (Lipinski definition) is 7. The fourth-order valence-electron chi connectivity index (χ4n) is 2.88. The molecule has 0 bridgehead atoms. The van der Waals surface area contributed by atoms with Gasteiger partial charge in [-0.05, 0) is 53.8 Å². The van der Waals surface area contributed by atoms with Gasteiger partial charge in [-0.1, -0.05) is 26.0 Å². The summed E-state index contributed by atoms with van der Waals surface area (Å²) in [6.45, 7) is 6.03. The Balaban J connectivity index is 0.00000512. The van der Waals surface area contributed by atoms with E-state index in [4.69, 9.17) is 24.7 Å². The maximum atomic E-state index is 12.4. The molecule has 172 valence electrons. The van der Waals surface area contributed by atoms with Gasteiger partial charge in [0.15, 0.2) is 23.0 Å². The molecule has 1 unspecified atom stereocenters. The Bertz CT molecular complexity index is 998. The van der Waals surface area contributed by atoms with Crippen molar-refractivity contribution in [2.24, 2.45) is 11.7 Å². The molecule has 0 aromatic heterocycles. The summed E-state index contributed by atoms with van der Waals surface area (Å²) < 4.78 is 21.8. The molecule has 0 radical (unpaired) electrons. The van der Waals surface area contributed by atoms with Crippen LogP contribution in [0.5, 0.6) is 23.0 Å². The van der Waals surface area contributed by atoms with E-state index in [0.29, 0.717) is 35.0 Å². The second-order valence-corrected chi connectivity index (χ2v) is 7.04. The molecule has 1 atom stereocenters. The van der Waals surface area contributed by atoms with Gasteiger partial charge in [-0.2, -0.15) is 5.26 Å². The highest BCUT2D eigenvalue weighted by molar-refractivity contribution is 5.85. The third-order valence-corrected chi connectivity index (χ3v) is 4.66. The van der Waals surface area contributed by atoms with E-state index in [1.54, 1.807) is 37.4 Å². The molecule has 2 aromatic carbocycles. The number of ether oxygens (including phenoxy) is 4. The molecule has 0 spiro atoms. The first kappa shape index (κ1) is 26.8. The predicted octanol–water partition coefficient (Wildman–Crippen LogP) is 4.37. The summed E-state index contributed by atoms with van der Waals surface area (Å²) in [7, 11) is 3.05. The quantitative estimate of drug-likeness (QED) is 0.336. The van der Waals surface area contributed by atoms with E-state index in [1.165, 1.54) is 13.2 Å². The van der Waals surface area contributed by atoms with Crippen LogP contribution in [0.1, 0.15) is 31.9 Å². The van der Waals surface area contributed by atoms with Crippen molar-refractivity contribution in [2.45, 2.75) is 26.8 Å². The summed E-state index contributed by atoms with van der Waals surface area (Å²) in [6, 6.07) is 11.8. The zero-order valence-electron chi connectivity index (χ0n) is 18.9. The van der Waals surface area contributed by atoms with E-state index in [1.807, 2.05) is 26.8 Å². The SMILES string of the molecule is CCOc1cc(/C(=C/C#N)c2ccc(OC)c(OC(=O)C(N)C(C)C)c2)ccc1OC.Cl. The number of esters is 1. The van der Waals surface area contributed by atoms with Crippen LogP contribution in [0.25, 0.3) is 5.57 Å². The molecule has 7 nitrogen and oxygen atoms in total. The van der Waals surface area contributed by atoms with Gasteiger partial charge >= 0.3 is 5.97 Å². The lowest BCUT2D eigenvalue weighted by atomic mass is 9.97. The van der Waals surface area contributed by atoms with Gasteiger partial charge in [0.05, 0.1) is 26.9 Å². The van der Waals surface area contributed by atoms with Gasteiger partial charge in [-0.3, -0.25) is 0 Å². The lowest BCUT2D eigenvalue weighted by molar-refractivity contribution is -0.136. The molecule has 0 amide bonds. The summed E-state index contributed by atoms with van der Waals surface area (Å²) in [5.74, 6) is 1.13. The first-order valence-corrected chi connectivity index (χ1v) is 9.92. The Morgan fingerprint density at radius 1 is 1.03 bits per heavy atom. The average Bonchev–Trinajstić information content (AvgIpc) is 2.77. The van der Waals surface area contributed by atoms with Crippen LogP contribution in [0.4, 0.5) is 0 Å². The predicted molar refractivity (Wildman–Crippen MR) is 126 cm³/mol. The van der Waals surface area contributed by atoms with Crippen molar-refractivity contribution < 1.29 is 23.7 Å². The zero-order valence-corrected chi connectivity index (χ0v) is 19.7. The number of nitriles is 1. The topological polar surface area (TPSA) is 104 Å². The normalized spacial score (nSPS) is 11.8. The first-order valence-electron chi connectivity index (χ1n) is 9.92. The highest BCUT2D eigenvalue weighted by Gasteiger charge is 2.22. The summed E-state index contributed by atoms with van der Waals surface area (Å²) in [4.78, 5) is 12.4. The van der Waals surface area contributed by atoms with E-state index in [0.717, 1.165) is 5.56 Å². The number of allylic oxidation sites excluding steroid dienone is 1. The van der Waals surface area contributed by atoms with Crippen molar-refractivity contribution in [3.63, 3.8) is 0 Å². The van der Waals surface area contributed by atoms with Crippen molar-refractivity contribution in [1.82, 2.24) is 0 Å². The van der Waals surface area contributed by atoms with Crippen LogP contribution >= 0.6 is 12.4 Å². The summed E-state index contributed by atoms with van der Waals surface area (Å²) in [5, 5.41) is 9.37. The molecule has 2 rings (SSSR count). The molecule has 0 heterocycles. The number of methoxy groups -OCH3 is 2. The molecular weight excluding hydrogens is 432 g/mol. The molecule has 0 saturated heterocycles. The van der Waals surface area contributed by atoms with E-state index in [2.05, 4.69) is 6.07 Å². The van der Waals surface area contributed by atoms with Gasteiger partial charge in [-0.15, -0.1) is 12.4 Å². The minimum absolute atomic E-state index is 0. The maximum absolute atomic E-state index is 12.4. The lowest BCUT2D eigenvalue weighted by Gasteiger charge is -2.17. The van der Waals surface area contributed by atoms with E-state index >= 15 is 0 Å². The van der Waals surface area contributed by atoms with Gasteiger partial charge < -0.3 is 24.7 Å². The van der Waals surface area contributed by atoms with Crippen molar-refractivity contribution in [3.05, 3.63) is 53.6 Å². The summed E-state index contributed by atoms with van der Waals surface area (Å²) in [6.07, 6.45) is 1.42. The summed E-state index contributed by atoms with van der Waals surface area (Å²) >= 11 is 0. The molecule has 0 aliphatic carbocycles. The number of halogens is 1. The van der Waals surface area contributed by atoms with Crippen LogP contribution in [0, 0.1) is 17.2 Å². The van der Waals surface area contributed by atoms with E-state index < -0.39 is 12.0 Å². The molecule has 0 fully saturated rings. The number of hydrogen-bond donors (Lipinski definition) is 1. The van der Waals surface area contributed by atoms with Crippen molar-refractivity contribution >= 4 is 23.9 Å². The van der Waals surface area contributed by atoms with Crippen molar-refractivity contribution in [3.8, 4) is 29.1 Å². The Morgan fingerprint density at radius 3 is 2.03 bits per heavy atom. The smallest absolute Gasteiger partial charge is 0.328 e. The number of carbonyl (C=O) groups excluding carboxylic acids is 1. The molecular formula is C24H29ClN2O5. The Hall–Kier alpha value is -3.21. The number of rotatable bonds is 9. The number of nitrogens with zero attached hydrogens (tertiary/aromatic N) is 1. The Kier molecular flexibility index (Phi) is 10.6. The molecule has 8 heteroatoms. The largest absolute Gasteiger partial charge is 0.493 e. The molecule has 2 aromatic rings. The standard InChI is InChI=1S/C24H28N2O5.ClH/c1-6-30-21-13-16(7-9-19(21)28-4)18(11-12-25)17-8-10-20(29-5)22(14-17)31-24(27)23(26)15(2)3;/h7-11,13-15,23H,6,26H2,1-5H3;1H/b18-11-;. The number of carbonyl (C=O) groups is 1. The Morgan fingerprint density at radius 2 is 1.56 bits per heavy atom. The minimum atomic E-state index is -0.766. The van der Waals surface area contributed by atoms with Crippen LogP contribution in [0.3, 0.4) is 0 Å². The first-order chi connectivity index (χ1) is 14.9. The number of nitrogens with two attached hydrogens (primary N) is 1. The number of benzene rings is 2. The van der Waals surface area contributed by atoms with Crippen LogP contribution < -0.4 is 24.7 Å². The summed E-state index contributed by atoms with van der Waals surface area (Å²) in [5.41, 5.74) is 7.94. The second kappa shape index (κ2) is 12.6. The van der Waals surface area contributed by atoms with Crippen molar-refractivity contribution in [2.75, 3.05) is 20.8 Å². The molecule has 0 aliphatic rings. The highest BCUT2D eigenvalue weighted by atomic mass is 35.5. The van der Waals surface area contributed by atoms with Crippen LogP contribution in [-0.2, 0) is 4.79 Å². The third kappa shape index (κ3) is 6.39. The third-order valence-electron chi connectivity index (χ3n) is 4.66. The Labute approximate surface area is 195 Å². The van der Waals surface area contributed by atoms with Gasteiger partial charge in [0.2, 0.25) is 0 Å². The average molecular weight is 461 g/mol. The van der Waals surface area contributed by atoms with Crippen LogP contribution in [0.15, 0.2) is 42.5 Å². The van der Waals surface area contributed by atoms with E-state index in [-0.39, 0.29) is 24.1 Å². The van der Waals surface area contributed by atoms with Crippen LogP contribution in [0.2, 0.25) is 0 Å². The van der Waals surface area contributed by atoms with Crippen LogP contribution in [-0.4, -0.2) is 32.8 Å². The fraction of sp³-hybridized carbons (Fsp3) is 0.333. The van der Waals surface area contributed by atoms with Gasteiger partial charge in [0, 0.05) is 6.08 Å². The maximum Gasteiger partial charge on any atom is 0.328 e. The monoisotopic (exact) mass is 460 g/mol. The molecule has 32 heavy (non-hydrogen) atoms. The van der Waals surface area contributed by atoms with Gasteiger partial charge in [0.25, 0.3) is 0 Å².